The first-order valence-corrected chi connectivity index (χ1v) is 14.1. The number of nitrogens with zero attached hydrogens (tertiary/aromatic N) is 3. The first-order valence-electron chi connectivity index (χ1n) is 14.1. The van der Waals surface area contributed by atoms with Crippen molar-refractivity contribution in [3.05, 3.63) is 59.5 Å². The Hall–Kier alpha value is -2.44. The summed E-state index contributed by atoms with van der Waals surface area (Å²) in [4.78, 5) is 14.1. The minimum Gasteiger partial charge on any atom is -0.380 e. The summed E-state index contributed by atoms with van der Waals surface area (Å²) in [5.41, 5.74) is 6.32. The number of pyridine rings is 1. The smallest absolute Gasteiger partial charge is 0.0935 e. The molecule has 1 unspecified atom stereocenters. The van der Waals surface area contributed by atoms with Crippen molar-refractivity contribution in [2.45, 2.75) is 69.6 Å². The van der Waals surface area contributed by atoms with Crippen molar-refractivity contribution in [3.63, 3.8) is 0 Å². The van der Waals surface area contributed by atoms with E-state index in [1.54, 1.807) is 0 Å². The molecular weight excluding hydrogens is 449 g/mol. The van der Waals surface area contributed by atoms with Crippen molar-refractivity contribution >= 4 is 16.6 Å². The zero-order chi connectivity index (χ0) is 24.2. The summed E-state index contributed by atoms with van der Waals surface area (Å²) >= 11 is 0. The Kier molecular flexibility index (Phi) is 5.77. The average molecular weight is 488 g/mol. The summed E-state index contributed by atoms with van der Waals surface area (Å²) in [6.45, 7) is 5.09. The fourth-order valence-corrected chi connectivity index (χ4v) is 7.82. The van der Waals surface area contributed by atoms with Crippen LogP contribution in [0.2, 0.25) is 0 Å². The summed E-state index contributed by atoms with van der Waals surface area (Å²) in [6.07, 6.45) is 9.06. The first-order chi connectivity index (χ1) is 17.7. The fourth-order valence-electron chi connectivity index (χ4n) is 7.82. The van der Waals surface area contributed by atoms with Gasteiger partial charge in [0.05, 0.1) is 30.3 Å². The molecule has 3 aliphatic carbocycles. The highest BCUT2D eigenvalue weighted by Gasteiger charge is 2.51. The van der Waals surface area contributed by atoms with Crippen LogP contribution in [0, 0.1) is 11.8 Å². The van der Waals surface area contributed by atoms with Crippen molar-refractivity contribution in [3.8, 4) is 0 Å². The van der Waals surface area contributed by atoms with E-state index < -0.39 is 0 Å². The lowest BCUT2D eigenvalue weighted by atomic mass is 9.82. The van der Waals surface area contributed by atoms with Gasteiger partial charge in [0.15, 0.2) is 0 Å². The Balaban J connectivity index is 1.18. The van der Waals surface area contributed by atoms with Crippen LogP contribution in [0.3, 0.4) is 0 Å². The van der Waals surface area contributed by atoms with Gasteiger partial charge >= 0.3 is 0 Å². The summed E-state index contributed by atoms with van der Waals surface area (Å²) in [7, 11) is 0. The van der Waals surface area contributed by atoms with Crippen LogP contribution in [0.5, 0.6) is 0 Å². The minimum absolute atomic E-state index is 0.178. The van der Waals surface area contributed by atoms with Gasteiger partial charge in [0.1, 0.15) is 0 Å². The van der Waals surface area contributed by atoms with E-state index in [1.165, 1.54) is 41.4 Å². The van der Waals surface area contributed by atoms with Crippen molar-refractivity contribution < 1.29 is 4.39 Å². The highest BCUT2D eigenvalue weighted by molar-refractivity contribution is 5.85. The third-order valence-electron chi connectivity index (χ3n) is 9.52. The zero-order valence-corrected chi connectivity index (χ0v) is 21.3. The molecule has 4 fully saturated rings. The van der Waals surface area contributed by atoms with Gasteiger partial charge in [0, 0.05) is 54.4 Å². The normalized spacial score (nSPS) is 32.1. The molecule has 0 spiro atoms. The Bertz CT molecular complexity index is 1220. The highest BCUT2D eigenvalue weighted by atomic mass is 19.1. The van der Waals surface area contributed by atoms with Crippen LogP contribution in [0.4, 0.5) is 10.1 Å². The number of alkyl halides is 1. The van der Waals surface area contributed by atoms with Crippen LogP contribution in [0.1, 0.15) is 62.0 Å². The van der Waals surface area contributed by atoms with Gasteiger partial charge in [-0.05, 0) is 81.0 Å². The topological polar surface area (TPSA) is 47.2 Å². The Morgan fingerprint density at radius 2 is 2.03 bits per heavy atom. The molecule has 190 valence electrons. The number of H-pyrrole nitrogens is 1. The second-order valence-corrected chi connectivity index (χ2v) is 11.8. The molecule has 0 radical (unpaired) electrons. The van der Waals surface area contributed by atoms with Crippen molar-refractivity contribution in [2.75, 3.05) is 31.6 Å². The first kappa shape index (κ1) is 22.7. The molecule has 2 aliphatic heterocycles. The fraction of sp³-hybridized carbons (Fsp3) is 0.567. The van der Waals surface area contributed by atoms with E-state index >= 15 is 0 Å². The maximum Gasteiger partial charge on any atom is 0.0935 e. The van der Waals surface area contributed by atoms with Gasteiger partial charge in [-0.3, -0.25) is 14.3 Å². The van der Waals surface area contributed by atoms with Crippen LogP contribution >= 0.6 is 0 Å². The number of hydrogen-bond acceptors (Lipinski definition) is 4. The van der Waals surface area contributed by atoms with Crippen molar-refractivity contribution in [1.29, 1.82) is 0 Å². The maximum absolute atomic E-state index is 12.6. The van der Waals surface area contributed by atoms with Crippen LogP contribution in [0.15, 0.2) is 42.6 Å². The van der Waals surface area contributed by atoms with Gasteiger partial charge in [-0.2, -0.15) is 0 Å². The standard InChI is InChI=1S/C30H38FN5/c1-19-13-25-24-5-2-3-6-26(24)34-29(25)30(36(19)28-16-20-14-21(28)15-20)27-8-7-22(17-32-27)33-23-9-12-35(18-23)11-4-10-31/h2-3,5-8,17,19-21,23,28,30,33-34H,4,9-16,18H2,1H3/t19-,20?,21?,23+,28?,30-/m1/s1. The molecular formula is C30H38FN5. The van der Waals surface area contributed by atoms with Gasteiger partial charge in [-0.15, -0.1) is 0 Å². The molecule has 3 saturated carbocycles. The van der Waals surface area contributed by atoms with Gasteiger partial charge in [-0.1, -0.05) is 18.2 Å². The Morgan fingerprint density at radius 3 is 2.81 bits per heavy atom. The number of likely N-dealkylation sites (tertiary alicyclic amines) is 1. The lowest BCUT2D eigenvalue weighted by molar-refractivity contribution is 0.0694. The Morgan fingerprint density at radius 1 is 1.14 bits per heavy atom. The van der Waals surface area contributed by atoms with E-state index in [-0.39, 0.29) is 12.7 Å². The summed E-state index contributed by atoms with van der Waals surface area (Å²) in [5, 5.41) is 5.06. The number of hydrogen-bond donors (Lipinski definition) is 2. The number of rotatable bonds is 7. The molecule has 2 N–H and O–H groups in total. The van der Waals surface area contributed by atoms with Crippen LogP contribution in [-0.2, 0) is 6.42 Å². The van der Waals surface area contributed by atoms with Crippen molar-refractivity contribution in [1.82, 2.24) is 19.8 Å². The number of benzene rings is 1. The molecule has 2 aromatic heterocycles. The van der Waals surface area contributed by atoms with Gasteiger partial charge in [-0.25, -0.2) is 0 Å². The molecule has 4 atom stereocenters. The van der Waals surface area contributed by atoms with Gasteiger partial charge < -0.3 is 15.2 Å². The van der Waals surface area contributed by atoms with E-state index in [2.05, 4.69) is 63.4 Å². The van der Waals surface area contributed by atoms with E-state index in [4.69, 9.17) is 4.98 Å². The lowest BCUT2D eigenvalue weighted by Gasteiger charge is -2.45. The molecule has 5 aliphatic rings. The molecule has 5 nitrogen and oxygen atoms in total. The number of para-hydroxylation sites is 1. The molecule has 36 heavy (non-hydrogen) atoms. The SMILES string of the molecule is C[C@@H]1Cc2c([nH]c3ccccc23)[C@@H](c2ccc(N[C@H]3CCN(CCCF)C3)cn2)N1C1CC2CC1C2. The number of aromatic amines is 1. The molecule has 0 amide bonds. The molecule has 8 rings (SSSR count). The molecule has 6 heteroatoms. The van der Waals surface area contributed by atoms with E-state index in [0.717, 1.165) is 55.7 Å². The number of fused-ring (bicyclic) bond motifs is 4. The van der Waals surface area contributed by atoms with Crippen LogP contribution in [-0.4, -0.2) is 64.2 Å². The predicted molar refractivity (Wildman–Crippen MR) is 143 cm³/mol. The monoisotopic (exact) mass is 487 g/mol. The molecule has 1 saturated heterocycles. The van der Waals surface area contributed by atoms with E-state index in [1.807, 2.05) is 6.20 Å². The number of nitrogens with one attached hydrogen (secondary N) is 2. The highest BCUT2D eigenvalue weighted by Crippen LogP contribution is 2.54. The quantitative estimate of drug-likeness (QED) is 0.459. The molecule has 1 aromatic carbocycles. The number of halogens is 1. The Labute approximate surface area is 213 Å². The zero-order valence-electron chi connectivity index (χ0n) is 21.3. The third-order valence-corrected chi connectivity index (χ3v) is 9.52. The number of aromatic nitrogens is 2. The summed E-state index contributed by atoms with van der Waals surface area (Å²) < 4.78 is 12.6. The predicted octanol–water partition coefficient (Wildman–Crippen LogP) is 5.54. The van der Waals surface area contributed by atoms with Crippen LogP contribution in [0.25, 0.3) is 10.9 Å². The summed E-state index contributed by atoms with van der Waals surface area (Å²) in [6, 6.07) is 15.0. The number of anilines is 1. The molecule has 3 aromatic rings. The largest absolute Gasteiger partial charge is 0.380 e. The lowest BCUT2D eigenvalue weighted by Crippen LogP contribution is -2.49. The third kappa shape index (κ3) is 3.84. The minimum atomic E-state index is -0.225. The second-order valence-electron chi connectivity index (χ2n) is 11.8. The van der Waals surface area contributed by atoms with E-state index in [0.29, 0.717) is 24.5 Å². The second kappa shape index (κ2) is 9.14. The molecule has 2 bridgehead atoms. The van der Waals surface area contributed by atoms with Gasteiger partial charge in [0.2, 0.25) is 0 Å². The van der Waals surface area contributed by atoms with Crippen molar-refractivity contribution in [2.24, 2.45) is 11.8 Å². The van der Waals surface area contributed by atoms with E-state index in [9.17, 15) is 4.39 Å². The average Bonchev–Trinajstić information content (AvgIpc) is 3.65. The van der Waals surface area contributed by atoms with Gasteiger partial charge in [0.25, 0.3) is 0 Å². The molecule has 4 heterocycles. The summed E-state index contributed by atoms with van der Waals surface area (Å²) in [5.74, 6) is 1.79. The maximum atomic E-state index is 12.6. The van der Waals surface area contributed by atoms with Crippen LogP contribution < -0.4 is 5.32 Å².